The maximum Gasteiger partial charge on any atom is 0.245 e. The standard InChI is InChI=1S/C24H44N4O3/c1-9-27(10-2)13-11-12-19(4)28(23(30)14-18(3)16-24(6,7)8)17-22(29)25-21-15-20(5)31-26-21/h15,18-19H,9-14,16-17H2,1-8H3,(H,25,26,29). The van der Waals surface area contributed by atoms with E-state index in [1.807, 2.05) is 6.92 Å². The van der Waals surface area contributed by atoms with Crippen LogP contribution < -0.4 is 5.32 Å². The Morgan fingerprint density at radius 2 is 1.84 bits per heavy atom. The van der Waals surface area contributed by atoms with E-state index in [2.05, 4.69) is 56.9 Å². The zero-order valence-corrected chi connectivity index (χ0v) is 21.0. The van der Waals surface area contributed by atoms with E-state index >= 15 is 0 Å². The third kappa shape index (κ3) is 10.8. The van der Waals surface area contributed by atoms with Crippen LogP contribution in [0.1, 0.15) is 79.9 Å². The predicted molar refractivity (Wildman–Crippen MR) is 126 cm³/mol. The zero-order chi connectivity index (χ0) is 23.6. The molecule has 7 nitrogen and oxygen atoms in total. The first-order chi connectivity index (χ1) is 14.4. The highest BCUT2D eigenvalue weighted by Crippen LogP contribution is 2.26. The van der Waals surface area contributed by atoms with Gasteiger partial charge in [-0.15, -0.1) is 0 Å². The molecule has 0 aliphatic rings. The second-order valence-electron chi connectivity index (χ2n) is 9.98. The molecule has 0 aliphatic carbocycles. The third-order valence-electron chi connectivity index (χ3n) is 5.54. The Kier molecular flexibility index (Phi) is 11.2. The molecule has 0 aliphatic heterocycles. The van der Waals surface area contributed by atoms with Gasteiger partial charge in [-0.3, -0.25) is 9.59 Å². The van der Waals surface area contributed by atoms with Gasteiger partial charge in [0.1, 0.15) is 12.3 Å². The quantitative estimate of drug-likeness (QED) is 0.484. The topological polar surface area (TPSA) is 78.7 Å². The van der Waals surface area contributed by atoms with Crippen LogP contribution in [0.15, 0.2) is 10.6 Å². The SMILES string of the molecule is CCN(CC)CCCC(C)N(CC(=O)Nc1cc(C)on1)C(=O)CC(C)CC(C)(C)C. The summed E-state index contributed by atoms with van der Waals surface area (Å²) in [5.41, 5.74) is 0.169. The van der Waals surface area contributed by atoms with Crippen LogP contribution in [0.4, 0.5) is 5.82 Å². The van der Waals surface area contributed by atoms with Crippen molar-refractivity contribution in [3.05, 3.63) is 11.8 Å². The summed E-state index contributed by atoms with van der Waals surface area (Å²) in [5, 5.41) is 6.55. The molecule has 2 atom stereocenters. The van der Waals surface area contributed by atoms with E-state index in [-0.39, 0.29) is 35.7 Å². The van der Waals surface area contributed by atoms with Crippen molar-refractivity contribution in [1.82, 2.24) is 15.0 Å². The Hall–Kier alpha value is -1.89. The lowest BCUT2D eigenvalue weighted by Crippen LogP contribution is -2.44. The Bertz CT molecular complexity index is 677. The largest absolute Gasteiger partial charge is 0.360 e. The molecular formula is C24H44N4O3. The number of carbonyl (C=O) groups excluding carboxylic acids is 2. The second-order valence-corrected chi connectivity index (χ2v) is 9.98. The minimum absolute atomic E-state index is 0.00491. The number of hydrogen-bond acceptors (Lipinski definition) is 5. The Morgan fingerprint density at radius 3 is 2.35 bits per heavy atom. The van der Waals surface area contributed by atoms with Gasteiger partial charge in [0.2, 0.25) is 11.8 Å². The summed E-state index contributed by atoms with van der Waals surface area (Å²) >= 11 is 0. The van der Waals surface area contributed by atoms with Crippen LogP contribution >= 0.6 is 0 Å². The first-order valence-corrected chi connectivity index (χ1v) is 11.7. The number of carbonyl (C=O) groups is 2. The molecule has 2 amide bonds. The van der Waals surface area contributed by atoms with E-state index in [4.69, 9.17) is 4.52 Å². The van der Waals surface area contributed by atoms with Crippen molar-refractivity contribution in [1.29, 1.82) is 0 Å². The molecule has 1 rings (SSSR count). The molecule has 0 saturated heterocycles. The maximum atomic E-state index is 13.2. The molecule has 2 unspecified atom stereocenters. The molecule has 1 heterocycles. The van der Waals surface area contributed by atoms with Crippen LogP contribution in [0.5, 0.6) is 0 Å². The van der Waals surface area contributed by atoms with Gasteiger partial charge >= 0.3 is 0 Å². The highest BCUT2D eigenvalue weighted by atomic mass is 16.5. The number of hydrogen-bond donors (Lipinski definition) is 1. The van der Waals surface area contributed by atoms with Crippen molar-refractivity contribution >= 4 is 17.6 Å². The number of aryl methyl sites for hydroxylation is 1. The number of nitrogens with one attached hydrogen (secondary N) is 1. The first kappa shape index (κ1) is 27.1. The fraction of sp³-hybridized carbons (Fsp3) is 0.792. The molecule has 0 spiro atoms. The minimum Gasteiger partial charge on any atom is -0.360 e. The van der Waals surface area contributed by atoms with Gasteiger partial charge in [0, 0.05) is 18.5 Å². The Labute approximate surface area is 188 Å². The molecule has 7 heteroatoms. The molecule has 0 aromatic carbocycles. The molecule has 178 valence electrons. The third-order valence-corrected chi connectivity index (χ3v) is 5.54. The monoisotopic (exact) mass is 436 g/mol. The van der Waals surface area contributed by atoms with Gasteiger partial charge in [0.15, 0.2) is 5.82 Å². The van der Waals surface area contributed by atoms with Crippen molar-refractivity contribution in [2.24, 2.45) is 11.3 Å². The molecule has 0 fully saturated rings. The van der Waals surface area contributed by atoms with Crippen molar-refractivity contribution < 1.29 is 14.1 Å². The summed E-state index contributed by atoms with van der Waals surface area (Å²) in [6, 6.07) is 1.66. The van der Waals surface area contributed by atoms with Gasteiger partial charge in [-0.25, -0.2) is 0 Å². The zero-order valence-electron chi connectivity index (χ0n) is 21.0. The molecule has 1 aromatic heterocycles. The maximum absolute atomic E-state index is 13.2. The van der Waals surface area contributed by atoms with Crippen LogP contribution in [0, 0.1) is 18.3 Å². The summed E-state index contributed by atoms with van der Waals surface area (Å²) in [6.07, 6.45) is 3.28. The lowest BCUT2D eigenvalue weighted by Gasteiger charge is -2.31. The van der Waals surface area contributed by atoms with E-state index in [0.29, 0.717) is 18.0 Å². The van der Waals surface area contributed by atoms with Crippen molar-refractivity contribution in [3.63, 3.8) is 0 Å². The number of anilines is 1. The lowest BCUT2D eigenvalue weighted by molar-refractivity contribution is -0.137. The average Bonchev–Trinajstić information content (AvgIpc) is 3.05. The smallest absolute Gasteiger partial charge is 0.245 e. The summed E-state index contributed by atoms with van der Waals surface area (Å²) < 4.78 is 5.01. The summed E-state index contributed by atoms with van der Waals surface area (Å²) in [6.45, 7) is 19.9. The summed E-state index contributed by atoms with van der Waals surface area (Å²) in [4.78, 5) is 29.9. The molecule has 0 radical (unpaired) electrons. The van der Waals surface area contributed by atoms with E-state index in [1.54, 1.807) is 17.9 Å². The average molecular weight is 437 g/mol. The fourth-order valence-electron chi connectivity index (χ4n) is 4.09. The van der Waals surface area contributed by atoms with Gasteiger partial charge < -0.3 is 19.6 Å². The lowest BCUT2D eigenvalue weighted by atomic mass is 9.84. The summed E-state index contributed by atoms with van der Waals surface area (Å²) in [5.74, 6) is 1.06. The van der Waals surface area contributed by atoms with Crippen LogP contribution in [0.2, 0.25) is 0 Å². The van der Waals surface area contributed by atoms with Gasteiger partial charge in [0.05, 0.1) is 0 Å². The molecule has 0 saturated carbocycles. The minimum atomic E-state index is -0.249. The van der Waals surface area contributed by atoms with Gasteiger partial charge in [-0.05, 0) is 64.1 Å². The Morgan fingerprint density at radius 1 is 1.19 bits per heavy atom. The molecule has 0 bridgehead atoms. The molecule has 1 aromatic rings. The number of nitrogens with zero attached hydrogens (tertiary/aromatic N) is 3. The van der Waals surface area contributed by atoms with E-state index in [1.165, 1.54) is 0 Å². The molecule has 1 N–H and O–H groups in total. The van der Waals surface area contributed by atoms with E-state index in [0.717, 1.165) is 38.9 Å². The number of rotatable bonds is 13. The van der Waals surface area contributed by atoms with Gasteiger partial charge in [-0.2, -0.15) is 0 Å². The fourth-order valence-corrected chi connectivity index (χ4v) is 4.09. The molecule has 31 heavy (non-hydrogen) atoms. The highest BCUT2D eigenvalue weighted by Gasteiger charge is 2.26. The Balaban J connectivity index is 2.78. The highest BCUT2D eigenvalue weighted by molar-refractivity contribution is 5.93. The summed E-state index contributed by atoms with van der Waals surface area (Å²) in [7, 11) is 0. The van der Waals surface area contributed by atoms with Crippen LogP contribution in [0.3, 0.4) is 0 Å². The van der Waals surface area contributed by atoms with Crippen LogP contribution in [-0.2, 0) is 9.59 Å². The van der Waals surface area contributed by atoms with Crippen LogP contribution in [-0.4, -0.2) is 59.0 Å². The van der Waals surface area contributed by atoms with Crippen LogP contribution in [0.25, 0.3) is 0 Å². The number of amides is 2. The van der Waals surface area contributed by atoms with Crippen molar-refractivity contribution in [3.8, 4) is 0 Å². The first-order valence-electron chi connectivity index (χ1n) is 11.7. The van der Waals surface area contributed by atoms with E-state index in [9.17, 15) is 9.59 Å². The normalized spacial score (nSPS) is 13.8. The van der Waals surface area contributed by atoms with Crippen molar-refractivity contribution in [2.75, 3.05) is 31.5 Å². The predicted octanol–water partition coefficient (Wildman–Crippen LogP) is 4.72. The van der Waals surface area contributed by atoms with Gasteiger partial charge in [-0.1, -0.05) is 46.7 Å². The van der Waals surface area contributed by atoms with Gasteiger partial charge in [0.25, 0.3) is 0 Å². The molecular weight excluding hydrogens is 392 g/mol. The number of aromatic nitrogens is 1. The van der Waals surface area contributed by atoms with Crippen molar-refractivity contribution in [2.45, 2.75) is 87.1 Å². The second kappa shape index (κ2) is 12.8. The van der Waals surface area contributed by atoms with E-state index < -0.39 is 0 Å².